The molecule has 0 aliphatic rings. The van der Waals surface area contributed by atoms with E-state index in [1.165, 1.54) is 5.56 Å². The number of fused-ring (bicyclic) bond motifs is 1. The lowest BCUT2D eigenvalue weighted by atomic mass is 10.0. The third-order valence-electron chi connectivity index (χ3n) is 4.43. The lowest BCUT2D eigenvalue weighted by Gasteiger charge is -2.08. The standard InChI is InChI=1S/C22H19N3O/c1-15-4-2-5-16(10-15)13-23-22(26)19-7-3-6-17(11-19)18-8-9-21-20(12-18)14-24-25-21/h2-12,14H,13H2,1H3,(H,23,26)(H,24,25). The molecule has 26 heavy (non-hydrogen) atoms. The summed E-state index contributed by atoms with van der Waals surface area (Å²) in [5.74, 6) is -0.0715. The van der Waals surface area contributed by atoms with Crippen molar-refractivity contribution >= 4 is 16.8 Å². The molecule has 0 unspecified atom stereocenters. The van der Waals surface area contributed by atoms with E-state index in [1.807, 2.05) is 61.5 Å². The lowest BCUT2D eigenvalue weighted by Crippen LogP contribution is -2.22. The van der Waals surface area contributed by atoms with Crippen LogP contribution in [-0.4, -0.2) is 16.1 Å². The summed E-state index contributed by atoms with van der Waals surface area (Å²) in [6, 6.07) is 21.9. The van der Waals surface area contributed by atoms with Gasteiger partial charge < -0.3 is 5.32 Å². The van der Waals surface area contributed by atoms with Gasteiger partial charge in [-0.3, -0.25) is 9.89 Å². The van der Waals surface area contributed by atoms with E-state index in [-0.39, 0.29) is 5.91 Å². The van der Waals surface area contributed by atoms with E-state index < -0.39 is 0 Å². The van der Waals surface area contributed by atoms with Crippen molar-refractivity contribution in [3.8, 4) is 11.1 Å². The van der Waals surface area contributed by atoms with Crippen LogP contribution < -0.4 is 5.32 Å². The highest BCUT2D eigenvalue weighted by Crippen LogP contribution is 2.24. The number of hydrogen-bond donors (Lipinski definition) is 2. The number of nitrogens with zero attached hydrogens (tertiary/aromatic N) is 1. The van der Waals surface area contributed by atoms with Gasteiger partial charge in [0, 0.05) is 17.5 Å². The summed E-state index contributed by atoms with van der Waals surface area (Å²) in [6.07, 6.45) is 1.80. The summed E-state index contributed by atoms with van der Waals surface area (Å²) < 4.78 is 0. The Kier molecular flexibility index (Phi) is 4.23. The number of aryl methyl sites for hydroxylation is 1. The van der Waals surface area contributed by atoms with Crippen molar-refractivity contribution < 1.29 is 4.79 Å². The number of nitrogens with one attached hydrogen (secondary N) is 2. The van der Waals surface area contributed by atoms with Crippen molar-refractivity contribution in [3.63, 3.8) is 0 Å². The highest BCUT2D eigenvalue weighted by Gasteiger charge is 2.08. The minimum atomic E-state index is -0.0715. The predicted molar refractivity (Wildman–Crippen MR) is 104 cm³/mol. The Morgan fingerprint density at radius 1 is 1.00 bits per heavy atom. The average Bonchev–Trinajstić information content (AvgIpc) is 3.14. The first-order valence-electron chi connectivity index (χ1n) is 8.56. The smallest absolute Gasteiger partial charge is 0.251 e. The van der Waals surface area contributed by atoms with E-state index >= 15 is 0 Å². The molecule has 0 aliphatic carbocycles. The summed E-state index contributed by atoms with van der Waals surface area (Å²) >= 11 is 0. The average molecular weight is 341 g/mol. The third-order valence-corrected chi connectivity index (χ3v) is 4.43. The summed E-state index contributed by atoms with van der Waals surface area (Å²) in [4.78, 5) is 12.5. The molecule has 0 spiro atoms. The van der Waals surface area contributed by atoms with Crippen molar-refractivity contribution in [3.05, 3.63) is 89.6 Å². The maximum atomic E-state index is 12.5. The normalized spacial score (nSPS) is 10.8. The molecule has 4 heteroatoms. The van der Waals surface area contributed by atoms with Crippen molar-refractivity contribution in [1.82, 2.24) is 15.5 Å². The fourth-order valence-corrected chi connectivity index (χ4v) is 3.07. The van der Waals surface area contributed by atoms with Gasteiger partial charge in [-0.1, -0.05) is 48.0 Å². The van der Waals surface area contributed by atoms with Gasteiger partial charge in [-0.2, -0.15) is 5.10 Å². The number of hydrogen-bond acceptors (Lipinski definition) is 2. The van der Waals surface area contributed by atoms with Crippen LogP contribution in [0.5, 0.6) is 0 Å². The van der Waals surface area contributed by atoms with Crippen molar-refractivity contribution in [2.24, 2.45) is 0 Å². The molecule has 1 aromatic heterocycles. The van der Waals surface area contributed by atoms with E-state index in [0.29, 0.717) is 12.1 Å². The minimum absolute atomic E-state index is 0.0715. The first-order chi connectivity index (χ1) is 12.7. The number of benzene rings is 3. The quantitative estimate of drug-likeness (QED) is 0.575. The van der Waals surface area contributed by atoms with Crippen LogP contribution >= 0.6 is 0 Å². The van der Waals surface area contributed by atoms with Crippen LogP contribution in [0.4, 0.5) is 0 Å². The van der Waals surface area contributed by atoms with Gasteiger partial charge in [-0.05, 0) is 47.9 Å². The lowest BCUT2D eigenvalue weighted by molar-refractivity contribution is 0.0951. The number of carbonyl (C=O) groups is 1. The molecule has 0 bridgehead atoms. The molecule has 0 aliphatic heterocycles. The fraction of sp³-hybridized carbons (Fsp3) is 0.0909. The van der Waals surface area contributed by atoms with Gasteiger partial charge in [0.2, 0.25) is 0 Å². The molecular weight excluding hydrogens is 322 g/mol. The van der Waals surface area contributed by atoms with Crippen LogP contribution in [0.2, 0.25) is 0 Å². The van der Waals surface area contributed by atoms with Gasteiger partial charge in [0.05, 0.1) is 11.7 Å². The largest absolute Gasteiger partial charge is 0.348 e. The molecule has 4 aromatic rings. The number of carbonyl (C=O) groups excluding carboxylic acids is 1. The molecule has 1 amide bonds. The first kappa shape index (κ1) is 16.1. The molecule has 0 radical (unpaired) electrons. The van der Waals surface area contributed by atoms with E-state index in [2.05, 4.69) is 27.6 Å². The molecule has 0 saturated heterocycles. The molecule has 4 nitrogen and oxygen atoms in total. The van der Waals surface area contributed by atoms with E-state index in [0.717, 1.165) is 27.6 Å². The molecule has 0 saturated carbocycles. The molecule has 2 N–H and O–H groups in total. The summed E-state index contributed by atoms with van der Waals surface area (Å²) in [7, 11) is 0. The Hall–Kier alpha value is -3.40. The van der Waals surface area contributed by atoms with Gasteiger partial charge in [-0.15, -0.1) is 0 Å². The second kappa shape index (κ2) is 6.84. The summed E-state index contributed by atoms with van der Waals surface area (Å²) in [5, 5.41) is 11.0. The third kappa shape index (κ3) is 3.35. The van der Waals surface area contributed by atoms with Crippen LogP contribution in [0.15, 0.2) is 72.9 Å². The monoisotopic (exact) mass is 341 g/mol. The molecule has 0 fully saturated rings. The zero-order valence-electron chi connectivity index (χ0n) is 14.5. The number of rotatable bonds is 4. The highest BCUT2D eigenvalue weighted by atomic mass is 16.1. The maximum Gasteiger partial charge on any atom is 0.251 e. The topological polar surface area (TPSA) is 57.8 Å². The molecule has 0 atom stereocenters. The molecule has 3 aromatic carbocycles. The maximum absolute atomic E-state index is 12.5. The van der Waals surface area contributed by atoms with Gasteiger partial charge in [0.15, 0.2) is 0 Å². The van der Waals surface area contributed by atoms with Crippen LogP contribution in [-0.2, 0) is 6.54 Å². The zero-order chi connectivity index (χ0) is 17.9. The van der Waals surface area contributed by atoms with E-state index in [1.54, 1.807) is 6.20 Å². The first-order valence-corrected chi connectivity index (χ1v) is 8.56. The Morgan fingerprint density at radius 3 is 2.73 bits per heavy atom. The van der Waals surface area contributed by atoms with Crippen molar-refractivity contribution in [1.29, 1.82) is 0 Å². The van der Waals surface area contributed by atoms with Gasteiger partial charge in [0.25, 0.3) is 5.91 Å². The fourth-order valence-electron chi connectivity index (χ4n) is 3.07. The Labute approximate surface area is 151 Å². The van der Waals surface area contributed by atoms with Crippen LogP contribution in [0.3, 0.4) is 0 Å². The second-order valence-electron chi connectivity index (χ2n) is 6.42. The summed E-state index contributed by atoms with van der Waals surface area (Å²) in [5.41, 5.74) is 6.01. The number of aromatic amines is 1. The van der Waals surface area contributed by atoms with Crippen LogP contribution in [0.1, 0.15) is 21.5 Å². The molecule has 128 valence electrons. The van der Waals surface area contributed by atoms with Crippen LogP contribution in [0.25, 0.3) is 22.0 Å². The molecule has 4 rings (SSSR count). The number of aromatic nitrogens is 2. The number of amides is 1. The van der Waals surface area contributed by atoms with E-state index in [4.69, 9.17) is 0 Å². The van der Waals surface area contributed by atoms with Gasteiger partial charge >= 0.3 is 0 Å². The number of H-pyrrole nitrogens is 1. The zero-order valence-corrected chi connectivity index (χ0v) is 14.5. The summed E-state index contributed by atoms with van der Waals surface area (Å²) in [6.45, 7) is 2.57. The molecular formula is C22H19N3O. The molecule has 1 heterocycles. The van der Waals surface area contributed by atoms with Gasteiger partial charge in [-0.25, -0.2) is 0 Å². The van der Waals surface area contributed by atoms with Crippen LogP contribution in [0, 0.1) is 6.92 Å². The predicted octanol–water partition coefficient (Wildman–Crippen LogP) is 4.47. The second-order valence-corrected chi connectivity index (χ2v) is 6.42. The Morgan fingerprint density at radius 2 is 1.85 bits per heavy atom. The Balaban J connectivity index is 1.53. The highest BCUT2D eigenvalue weighted by molar-refractivity contribution is 5.95. The minimum Gasteiger partial charge on any atom is -0.348 e. The van der Waals surface area contributed by atoms with Gasteiger partial charge in [0.1, 0.15) is 0 Å². The van der Waals surface area contributed by atoms with Crippen molar-refractivity contribution in [2.45, 2.75) is 13.5 Å². The SMILES string of the molecule is Cc1cccc(CNC(=O)c2cccc(-c3ccc4[nH]ncc4c3)c2)c1. The van der Waals surface area contributed by atoms with E-state index in [9.17, 15) is 4.79 Å². The van der Waals surface area contributed by atoms with Crippen molar-refractivity contribution in [2.75, 3.05) is 0 Å². The Bertz CT molecular complexity index is 1080.